The maximum Gasteiger partial charge on any atom is 0.359 e. The van der Waals surface area contributed by atoms with E-state index in [9.17, 15) is 4.21 Å². The Morgan fingerprint density at radius 3 is 2.00 bits per heavy atom. The second-order valence-corrected chi connectivity index (χ2v) is 3.37. The van der Waals surface area contributed by atoms with Crippen molar-refractivity contribution < 1.29 is 25.9 Å². The first-order valence-electron chi connectivity index (χ1n) is 3.55. The van der Waals surface area contributed by atoms with Crippen LogP contribution in [0.1, 0.15) is 0 Å². The van der Waals surface area contributed by atoms with Gasteiger partial charge in [-0.15, -0.1) is 0 Å². The monoisotopic (exact) mass is 254 g/mol. The van der Waals surface area contributed by atoms with E-state index in [-0.39, 0.29) is 0 Å². The lowest BCUT2D eigenvalue weighted by molar-refractivity contribution is 0.383. The molecule has 2 N–H and O–H groups in total. The molecule has 0 spiro atoms. The number of benzene rings is 1. The number of para-hydroxylation sites is 1. The van der Waals surface area contributed by atoms with Gasteiger partial charge in [-0.25, -0.2) is 0 Å². The molecule has 0 amide bonds. The van der Waals surface area contributed by atoms with E-state index in [0.29, 0.717) is 5.75 Å². The topological polar surface area (TPSA) is 93.1 Å². The Morgan fingerprint density at radius 1 is 1.13 bits per heavy atom. The van der Waals surface area contributed by atoms with E-state index in [2.05, 4.69) is 4.18 Å². The summed E-state index contributed by atoms with van der Waals surface area (Å²) in [6.45, 7) is 0. The second kappa shape index (κ2) is 8.50. The summed E-state index contributed by atoms with van der Waals surface area (Å²) in [4.78, 5) is 0. The van der Waals surface area contributed by atoms with E-state index in [1.54, 1.807) is 24.3 Å². The molecule has 0 radical (unpaired) electrons. The van der Waals surface area contributed by atoms with Gasteiger partial charge in [0.2, 0.25) is 0 Å². The van der Waals surface area contributed by atoms with Crippen LogP contribution < -0.4 is 4.18 Å². The first-order chi connectivity index (χ1) is 7.06. The minimum absolute atomic E-state index is 0.535. The molecular weight excluding hydrogens is 244 g/mol. The Bertz CT molecular complexity index is 311. The van der Waals surface area contributed by atoms with Gasteiger partial charge in [-0.05, 0) is 12.1 Å². The number of rotatable bonds is 3. The highest BCUT2D eigenvalue weighted by atomic mass is 32.2. The zero-order chi connectivity index (χ0) is 11.7. The van der Waals surface area contributed by atoms with Crippen molar-refractivity contribution in [3.05, 3.63) is 30.3 Å². The van der Waals surface area contributed by atoms with E-state index in [1.807, 2.05) is 6.07 Å². The van der Waals surface area contributed by atoms with Crippen molar-refractivity contribution in [1.82, 2.24) is 0 Å². The molecule has 0 aliphatic heterocycles. The van der Waals surface area contributed by atoms with Crippen LogP contribution in [-0.4, -0.2) is 24.6 Å². The molecule has 1 aromatic rings. The van der Waals surface area contributed by atoms with Crippen LogP contribution in [0.3, 0.4) is 0 Å². The Hall–Kier alpha value is -0.800. The zero-order valence-electron chi connectivity index (χ0n) is 7.73. The van der Waals surface area contributed by atoms with Gasteiger partial charge in [0.15, 0.2) is 0 Å². The minimum atomic E-state index is -2.61. The predicted octanol–water partition coefficient (Wildman–Crippen LogP) is 0.972. The van der Waals surface area contributed by atoms with Crippen LogP contribution in [0, 0.1) is 0 Å². The molecule has 15 heavy (non-hydrogen) atoms. The second-order valence-electron chi connectivity index (χ2n) is 2.00. The summed E-state index contributed by atoms with van der Waals surface area (Å²) in [5, 5.41) is 0. The van der Waals surface area contributed by atoms with E-state index in [4.69, 9.17) is 17.5 Å². The molecule has 0 saturated carbocycles. The van der Waals surface area contributed by atoms with Gasteiger partial charge in [0, 0.05) is 0 Å². The minimum Gasteiger partial charge on any atom is -0.380 e. The van der Waals surface area contributed by atoms with Gasteiger partial charge in [0.25, 0.3) is 11.4 Å². The van der Waals surface area contributed by atoms with Crippen LogP contribution in [0.2, 0.25) is 0 Å². The lowest BCUT2D eigenvalue weighted by Gasteiger charge is -1.99. The number of hydrogen-bond acceptors (Lipinski definition) is 4. The zero-order valence-corrected chi connectivity index (χ0v) is 9.36. The van der Waals surface area contributed by atoms with Crippen molar-refractivity contribution in [1.29, 1.82) is 0 Å². The van der Waals surface area contributed by atoms with Gasteiger partial charge < -0.3 is 4.18 Å². The van der Waals surface area contributed by atoms with Crippen LogP contribution in [0.15, 0.2) is 30.3 Å². The molecule has 0 aliphatic rings. The molecule has 86 valence electrons. The first-order valence-corrected chi connectivity index (χ1v) is 5.62. The molecular formula is C7H10O6S2. The average molecular weight is 254 g/mol. The third-order valence-corrected chi connectivity index (χ3v) is 1.64. The SMILES string of the molecule is COS(=O)Oc1ccccc1.O=S(O)O. The Kier molecular flexibility index (Phi) is 8.05. The molecule has 6 nitrogen and oxygen atoms in total. The Labute approximate surface area is 92.2 Å². The van der Waals surface area contributed by atoms with E-state index in [0.717, 1.165) is 0 Å². The van der Waals surface area contributed by atoms with Crippen molar-refractivity contribution in [2.24, 2.45) is 0 Å². The summed E-state index contributed by atoms with van der Waals surface area (Å²) in [7, 11) is 1.32. The molecule has 1 atom stereocenters. The van der Waals surface area contributed by atoms with Crippen molar-refractivity contribution in [3.8, 4) is 5.75 Å². The molecule has 8 heteroatoms. The summed E-state index contributed by atoms with van der Waals surface area (Å²) in [5.41, 5.74) is 0. The summed E-state index contributed by atoms with van der Waals surface area (Å²) in [6, 6.07) is 8.85. The Morgan fingerprint density at radius 2 is 1.60 bits per heavy atom. The standard InChI is InChI=1S/C7H8O3S.H2O3S/c1-9-11(8)10-7-5-3-2-4-6-7;1-4(2)3/h2-6H,1H3;(H2,1,2,3). The fraction of sp³-hybridized carbons (Fsp3) is 0.143. The average Bonchev–Trinajstić information content (AvgIpc) is 2.18. The highest BCUT2D eigenvalue weighted by molar-refractivity contribution is 7.75. The molecule has 0 aliphatic carbocycles. The third-order valence-electron chi connectivity index (χ3n) is 1.04. The van der Waals surface area contributed by atoms with Crippen LogP contribution in [0.5, 0.6) is 5.75 Å². The van der Waals surface area contributed by atoms with Crippen molar-refractivity contribution in [2.75, 3.05) is 7.11 Å². The molecule has 0 aromatic heterocycles. The summed E-state index contributed by atoms with van der Waals surface area (Å²) >= 11 is -4.29. The lowest BCUT2D eigenvalue weighted by Crippen LogP contribution is -2.00. The predicted molar refractivity (Wildman–Crippen MR) is 55.6 cm³/mol. The van der Waals surface area contributed by atoms with Crippen molar-refractivity contribution >= 4 is 22.7 Å². The summed E-state index contributed by atoms with van der Waals surface area (Å²) in [5.74, 6) is 0.535. The largest absolute Gasteiger partial charge is 0.380 e. The molecule has 0 heterocycles. The normalized spacial score (nSPS) is 11.5. The van der Waals surface area contributed by atoms with E-state index < -0.39 is 22.7 Å². The molecule has 1 aromatic carbocycles. The van der Waals surface area contributed by atoms with Gasteiger partial charge in [-0.1, -0.05) is 18.2 Å². The van der Waals surface area contributed by atoms with Gasteiger partial charge in [0.1, 0.15) is 5.75 Å². The molecule has 0 bridgehead atoms. The Balaban J connectivity index is 0.000000423. The maximum atomic E-state index is 10.6. The van der Waals surface area contributed by atoms with Gasteiger partial charge in [-0.3, -0.25) is 13.3 Å². The van der Waals surface area contributed by atoms with Gasteiger partial charge in [0.05, 0.1) is 7.11 Å². The van der Waals surface area contributed by atoms with Crippen molar-refractivity contribution in [2.45, 2.75) is 0 Å². The number of hydrogen-bond donors (Lipinski definition) is 2. The molecule has 1 unspecified atom stereocenters. The van der Waals surface area contributed by atoms with Gasteiger partial charge in [-0.2, -0.15) is 8.42 Å². The highest BCUT2D eigenvalue weighted by Gasteiger charge is 1.97. The quantitative estimate of drug-likeness (QED) is 0.781. The highest BCUT2D eigenvalue weighted by Crippen LogP contribution is 2.09. The van der Waals surface area contributed by atoms with Crippen LogP contribution >= 0.6 is 0 Å². The summed E-state index contributed by atoms with van der Waals surface area (Å²) in [6.07, 6.45) is 0. The van der Waals surface area contributed by atoms with Gasteiger partial charge >= 0.3 is 11.4 Å². The smallest absolute Gasteiger partial charge is 0.359 e. The van der Waals surface area contributed by atoms with Crippen LogP contribution in [0.4, 0.5) is 0 Å². The van der Waals surface area contributed by atoms with E-state index >= 15 is 0 Å². The first kappa shape index (κ1) is 14.2. The fourth-order valence-corrected chi connectivity index (χ4v) is 0.925. The summed E-state index contributed by atoms with van der Waals surface area (Å²) < 4.78 is 42.7. The van der Waals surface area contributed by atoms with Crippen molar-refractivity contribution in [3.63, 3.8) is 0 Å². The fourth-order valence-electron chi connectivity index (χ4n) is 0.589. The lowest BCUT2D eigenvalue weighted by atomic mass is 10.3. The maximum absolute atomic E-state index is 10.6. The van der Waals surface area contributed by atoms with E-state index in [1.165, 1.54) is 7.11 Å². The van der Waals surface area contributed by atoms with Crippen LogP contribution in [0.25, 0.3) is 0 Å². The van der Waals surface area contributed by atoms with Crippen LogP contribution in [-0.2, 0) is 26.9 Å². The third kappa shape index (κ3) is 9.50. The molecule has 0 saturated heterocycles. The molecule has 1 rings (SSSR count). The molecule has 0 fully saturated rings.